The van der Waals surface area contributed by atoms with E-state index in [1.54, 1.807) is 18.2 Å². The van der Waals surface area contributed by atoms with Gasteiger partial charge in [-0.2, -0.15) is 0 Å². The lowest BCUT2D eigenvalue weighted by Gasteiger charge is -2.11. The Morgan fingerprint density at radius 1 is 1.12 bits per heavy atom. The van der Waals surface area contributed by atoms with E-state index in [-0.39, 0.29) is 12.1 Å². The highest BCUT2D eigenvalue weighted by molar-refractivity contribution is 5.92. The molecule has 0 heterocycles. The van der Waals surface area contributed by atoms with Crippen LogP contribution < -0.4 is 15.4 Å². The lowest BCUT2D eigenvalue weighted by atomic mass is 10.1. The van der Waals surface area contributed by atoms with Crippen LogP contribution in [0.1, 0.15) is 33.8 Å². The van der Waals surface area contributed by atoms with Gasteiger partial charge in [-0.15, -0.1) is 0 Å². The molecule has 2 aromatic rings. The summed E-state index contributed by atoms with van der Waals surface area (Å²) in [5, 5.41) is 5.80. The third-order valence-electron chi connectivity index (χ3n) is 4.46. The Balaban J connectivity index is 1.53. The van der Waals surface area contributed by atoms with E-state index >= 15 is 0 Å². The Hall–Kier alpha value is -3.02. The van der Waals surface area contributed by atoms with E-state index < -0.39 is 5.97 Å². The monoisotopic (exact) mass is 354 g/mol. The van der Waals surface area contributed by atoms with Crippen LogP contribution in [0.4, 0.5) is 4.79 Å². The van der Waals surface area contributed by atoms with Gasteiger partial charge >= 0.3 is 12.0 Å². The van der Waals surface area contributed by atoms with E-state index in [1.807, 2.05) is 18.2 Å². The Kier molecular flexibility index (Phi) is 5.41. The van der Waals surface area contributed by atoms with E-state index in [0.29, 0.717) is 23.8 Å². The first kappa shape index (κ1) is 17.8. The fourth-order valence-electron chi connectivity index (χ4n) is 2.96. The molecule has 1 aliphatic carbocycles. The molecule has 2 aromatic carbocycles. The Bertz CT molecular complexity index is 792. The van der Waals surface area contributed by atoms with Crippen molar-refractivity contribution in [1.82, 2.24) is 10.6 Å². The van der Waals surface area contributed by atoms with Crippen LogP contribution >= 0.6 is 0 Å². The first-order valence-corrected chi connectivity index (χ1v) is 8.47. The molecule has 1 saturated carbocycles. The average Bonchev–Trinajstić information content (AvgIpc) is 3.45. The molecule has 0 saturated heterocycles. The molecule has 0 spiro atoms. The number of nitrogens with one attached hydrogen (secondary N) is 2. The summed E-state index contributed by atoms with van der Waals surface area (Å²) in [6.45, 7) is 0.308. The molecule has 1 aliphatic rings. The second kappa shape index (κ2) is 7.91. The molecule has 6 nitrogen and oxygen atoms in total. The number of carbonyl (C=O) groups is 2. The van der Waals surface area contributed by atoms with Crippen molar-refractivity contribution < 1.29 is 19.1 Å². The minimum absolute atomic E-state index is 0.166. The normalized spacial score (nSPS) is 17.9. The number of carbonyl (C=O) groups excluding carboxylic acids is 2. The molecule has 0 bridgehead atoms. The number of hydrogen-bond donors (Lipinski definition) is 2. The molecule has 0 aliphatic heterocycles. The molecule has 26 heavy (non-hydrogen) atoms. The van der Waals surface area contributed by atoms with Gasteiger partial charge in [0.25, 0.3) is 0 Å². The number of methoxy groups -OCH3 is 2. The van der Waals surface area contributed by atoms with E-state index in [0.717, 1.165) is 12.0 Å². The van der Waals surface area contributed by atoms with Crippen LogP contribution in [0.2, 0.25) is 0 Å². The van der Waals surface area contributed by atoms with Crippen molar-refractivity contribution in [3.05, 3.63) is 65.2 Å². The fraction of sp³-hybridized carbons (Fsp3) is 0.300. The number of benzene rings is 2. The smallest absolute Gasteiger partial charge is 0.341 e. The van der Waals surface area contributed by atoms with Gasteiger partial charge in [-0.05, 0) is 29.7 Å². The topological polar surface area (TPSA) is 76.7 Å². The number of esters is 1. The van der Waals surface area contributed by atoms with Crippen LogP contribution in [0.3, 0.4) is 0 Å². The van der Waals surface area contributed by atoms with E-state index in [1.165, 1.54) is 19.8 Å². The maximum Gasteiger partial charge on any atom is 0.341 e. The number of ether oxygens (including phenoxy) is 2. The molecule has 136 valence electrons. The predicted octanol–water partition coefficient (Wildman–Crippen LogP) is 2.84. The first-order valence-electron chi connectivity index (χ1n) is 8.47. The summed E-state index contributed by atoms with van der Waals surface area (Å²) in [6, 6.07) is 15.3. The zero-order valence-corrected chi connectivity index (χ0v) is 14.8. The van der Waals surface area contributed by atoms with Crippen LogP contribution in [0.15, 0.2) is 48.5 Å². The SMILES string of the molecule is COC(=O)c1cc(CNC(=O)NC2CC2c2ccccc2)ccc1OC. The number of hydrogen-bond acceptors (Lipinski definition) is 4. The molecular weight excluding hydrogens is 332 g/mol. The summed E-state index contributed by atoms with van der Waals surface area (Å²) in [5.41, 5.74) is 2.37. The first-order chi connectivity index (χ1) is 12.6. The molecule has 2 atom stereocenters. The van der Waals surface area contributed by atoms with Crippen molar-refractivity contribution in [2.24, 2.45) is 0 Å². The highest BCUT2D eigenvalue weighted by atomic mass is 16.5. The standard InChI is InChI=1S/C20H22N2O4/c1-25-18-9-8-13(10-16(18)19(23)26-2)12-21-20(24)22-17-11-15(17)14-6-4-3-5-7-14/h3-10,15,17H,11-12H2,1-2H3,(H2,21,22,24). The average molecular weight is 354 g/mol. The molecule has 1 fully saturated rings. The third kappa shape index (κ3) is 4.14. The van der Waals surface area contributed by atoms with Gasteiger partial charge in [0.05, 0.1) is 14.2 Å². The third-order valence-corrected chi connectivity index (χ3v) is 4.46. The molecule has 6 heteroatoms. The van der Waals surface area contributed by atoms with Crippen molar-refractivity contribution in [2.75, 3.05) is 14.2 Å². The van der Waals surface area contributed by atoms with Gasteiger partial charge in [0.1, 0.15) is 11.3 Å². The minimum atomic E-state index is -0.475. The molecule has 2 amide bonds. The summed E-state index contributed by atoms with van der Waals surface area (Å²) in [5.74, 6) is 0.347. The number of urea groups is 1. The van der Waals surface area contributed by atoms with Gasteiger partial charge in [0.15, 0.2) is 0 Å². The van der Waals surface area contributed by atoms with Crippen molar-refractivity contribution in [3.63, 3.8) is 0 Å². The highest BCUT2D eigenvalue weighted by Crippen LogP contribution is 2.40. The molecule has 3 rings (SSSR count). The van der Waals surface area contributed by atoms with Gasteiger partial charge in [-0.1, -0.05) is 36.4 Å². The summed E-state index contributed by atoms with van der Waals surface area (Å²) in [6.07, 6.45) is 0.951. The van der Waals surface area contributed by atoms with Crippen LogP contribution in [0.25, 0.3) is 0 Å². The van der Waals surface area contributed by atoms with Gasteiger partial charge in [0.2, 0.25) is 0 Å². The van der Waals surface area contributed by atoms with Crippen LogP contribution in [-0.2, 0) is 11.3 Å². The Morgan fingerprint density at radius 2 is 1.88 bits per heavy atom. The van der Waals surface area contributed by atoms with Gasteiger partial charge < -0.3 is 20.1 Å². The van der Waals surface area contributed by atoms with Crippen LogP contribution in [-0.4, -0.2) is 32.3 Å². The quantitative estimate of drug-likeness (QED) is 0.782. The number of amides is 2. The largest absolute Gasteiger partial charge is 0.496 e. The van der Waals surface area contributed by atoms with Gasteiger partial charge in [-0.25, -0.2) is 9.59 Å². The van der Waals surface area contributed by atoms with Crippen molar-refractivity contribution in [3.8, 4) is 5.75 Å². The molecule has 0 aromatic heterocycles. The summed E-state index contributed by atoms with van der Waals surface area (Å²) in [7, 11) is 2.81. The molecule has 0 radical (unpaired) electrons. The van der Waals surface area contributed by atoms with Gasteiger partial charge in [0, 0.05) is 18.5 Å². The van der Waals surface area contributed by atoms with Crippen molar-refractivity contribution in [2.45, 2.75) is 24.9 Å². The summed E-state index contributed by atoms with van der Waals surface area (Å²) >= 11 is 0. The highest BCUT2D eigenvalue weighted by Gasteiger charge is 2.39. The maximum absolute atomic E-state index is 12.1. The van der Waals surface area contributed by atoms with E-state index in [4.69, 9.17) is 9.47 Å². The lowest BCUT2D eigenvalue weighted by molar-refractivity contribution is 0.0597. The molecular formula is C20H22N2O4. The number of rotatable bonds is 6. The Morgan fingerprint density at radius 3 is 2.58 bits per heavy atom. The van der Waals surface area contributed by atoms with Crippen LogP contribution in [0, 0.1) is 0 Å². The zero-order chi connectivity index (χ0) is 18.5. The van der Waals surface area contributed by atoms with Crippen molar-refractivity contribution >= 4 is 12.0 Å². The minimum Gasteiger partial charge on any atom is -0.496 e. The second-order valence-corrected chi connectivity index (χ2v) is 6.21. The zero-order valence-electron chi connectivity index (χ0n) is 14.8. The van der Waals surface area contributed by atoms with E-state index in [2.05, 4.69) is 22.8 Å². The molecule has 2 N–H and O–H groups in total. The Labute approximate surface area is 152 Å². The fourth-order valence-corrected chi connectivity index (χ4v) is 2.96. The van der Waals surface area contributed by atoms with E-state index in [9.17, 15) is 9.59 Å². The lowest BCUT2D eigenvalue weighted by Crippen LogP contribution is -2.36. The van der Waals surface area contributed by atoms with Gasteiger partial charge in [-0.3, -0.25) is 0 Å². The maximum atomic E-state index is 12.1. The predicted molar refractivity (Wildman–Crippen MR) is 97.3 cm³/mol. The summed E-state index contributed by atoms with van der Waals surface area (Å²) < 4.78 is 9.92. The summed E-state index contributed by atoms with van der Waals surface area (Å²) in [4.78, 5) is 23.9. The second-order valence-electron chi connectivity index (χ2n) is 6.21. The van der Waals surface area contributed by atoms with Crippen molar-refractivity contribution in [1.29, 1.82) is 0 Å². The molecule has 2 unspecified atom stereocenters. The van der Waals surface area contributed by atoms with Crippen LogP contribution in [0.5, 0.6) is 5.75 Å².